The Bertz CT molecular complexity index is 257. The van der Waals surface area contributed by atoms with Crippen LogP contribution in [0.5, 0.6) is 0 Å². The van der Waals surface area contributed by atoms with Gasteiger partial charge in [-0.3, -0.25) is 0 Å². The number of ether oxygens (including phenoxy) is 6. The van der Waals surface area contributed by atoms with Crippen molar-refractivity contribution < 1.29 is 28.4 Å². The van der Waals surface area contributed by atoms with Crippen molar-refractivity contribution in [1.82, 2.24) is 0 Å². The van der Waals surface area contributed by atoms with Crippen LogP contribution in [0, 0.1) is 5.92 Å². The molecule has 0 aliphatic carbocycles. The summed E-state index contributed by atoms with van der Waals surface area (Å²) < 4.78 is 30.3. The third-order valence-electron chi connectivity index (χ3n) is 4.18. The van der Waals surface area contributed by atoms with Crippen molar-refractivity contribution in [3.8, 4) is 0 Å². The van der Waals surface area contributed by atoms with Gasteiger partial charge in [-0.05, 0) is 32.1 Å². The zero-order valence-electron chi connectivity index (χ0n) is 15.7. The van der Waals surface area contributed by atoms with Gasteiger partial charge in [0, 0.05) is 47.1 Å². The Hall–Kier alpha value is -0.240. The first-order valence-corrected chi connectivity index (χ1v) is 9.07. The normalized spacial score (nSPS) is 28.9. The Morgan fingerprint density at radius 3 is 1.67 bits per heavy atom. The highest BCUT2D eigenvalue weighted by molar-refractivity contribution is 4.64. The van der Waals surface area contributed by atoms with Crippen molar-refractivity contribution in [1.29, 1.82) is 0 Å². The van der Waals surface area contributed by atoms with Crippen molar-refractivity contribution in [2.75, 3.05) is 67.6 Å². The molecule has 0 aromatic rings. The average Bonchev–Trinajstić information content (AvgIpc) is 3.07. The van der Waals surface area contributed by atoms with Crippen LogP contribution in [0.2, 0.25) is 0 Å². The fraction of sp³-hybridized carbons (Fsp3) is 1.00. The summed E-state index contributed by atoms with van der Waals surface area (Å²) in [7, 11) is 5.15. The van der Waals surface area contributed by atoms with Crippen LogP contribution in [0.25, 0.3) is 0 Å². The van der Waals surface area contributed by atoms with E-state index in [0.29, 0.717) is 18.1 Å². The van der Waals surface area contributed by atoms with Crippen molar-refractivity contribution in [3.05, 3.63) is 0 Å². The molecule has 0 amide bonds. The lowest BCUT2D eigenvalue weighted by molar-refractivity contribution is -0.0857. The minimum absolute atomic E-state index is 0.389. The summed E-state index contributed by atoms with van der Waals surface area (Å²) in [6, 6.07) is 0. The Morgan fingerprint density at radius 1 is 0.708 bits per heavy atom. The van der Waals surface area contributed by atoms with E-state index in [-0.39, 0.29) is 0 Å². The van der Waals surface area contributed by atoms with E-state index in [1.165, 1.54) is 32.1 Å². The summed E-state index contributed by atoms with van der Waals surface area (Å²) in [6.07, 6.45) is 6.82. The number of hydrogen-bond donors (Lipinski definition) is 0. The Morgan fingerprint density at radius 2 is 1.29 bits per heavy atom. The largest absolute Gasteiger partial charge is 0.384 e. The zero-order chi connectivity index (χ0) is 17.5. The maximum atomic E-state index is 5.27. The lowest BCUT2D eigenvalue weighted by Gasteiger charge is -2.24. The predicted molar refractivity (Wildman–Crippen MR) is 92.5 cm³/mol. The van der Waals surface area contributed by atoms with E-state index in [1.54, 1.807) is 21.3 Å². The summed E-state index contributed by atoms with van der Waals surface area (Å²) in [5.74, 6) is 0.656. The standard InChI is InChI=1S/C7H14O2.C6H12O2.C5H10O2/c1-8-5-7-3-2-4-9-6-7;1-7-5-6-3-2-4-8-6;1-6-4-5-2-3-7-5/h7H,2-6H2,1H3;6H,2-5H2,1H3;5H,2-4H2,1H3. The van der Waals surface area contributed by atoms with Gasteiger partial charge in [0.2, 0.25) is 0 Å². The third-order valence-corrected chi connectivity index (χ3v) is 4.18. The van der Waals surface area contributed by atoms with E-state index in [1.807, 2.05) is 0 Å². The molecule has 0 saturated carbocycles. The molecular weight excluding hydrogens is 312 g/mol. The molecule has 144 valence electrons. The highest BCUT2D eigenvalue weighted by Crippen LogP contribution is 2.13. The summed E-state index contributed by atoms with van der Waals surface area (Å²) >= 11 is 0. The van der Waals surface area contributed by atoms with Gasteiger partial charge in [0.25, 0.3) is 0 Å². The molecule has 3 rings (SSSR count). The molecule has 0 bridgehead atoms. The highest BCUT2D eigenvalue weighted by Gasteiger charge is 2.16. The van der Waals surface area contributed by atoms with Crippen molar-refractivity contribution in [2.45, 2.75) is 44.3 Å². The summed E-state index contributed by atoms with van der Waals surface area (Å²) in [5, 5.41) is 0. The second kappa shape index (κ2) is 15.0. The topological polar surface area (TPSA) is 55.4 Å². The quantitative estimate of drug-likeness (QED) is 0.734. The molecule has 24 heavy (non-hydrogen) atoms. The SMILES string of the molecule is COCC1CCCO1.COCC1CCCOC1.COCC1CCO1. The first-order valence-electron chi connectivity index (χ1n) is 9.07. The molecule has 6 heteroatoms. The molecule has 0 N–H and O–H groups in total. The average molecular weight is 348 g/mol. The van der Waals surface area contributed by atoms with Crippen LogP contribution in [-0.2, 0) is 28.4 Å². The molecule has 3 aliphatic heterocycles. The smallest absolute Gasteiger partial charge is 0.0830 e. The highest BCUT2D eigenvalue weighted by atomic mass is 16.5. The molecule has 0 radical (unpaired) electrons. The number of methoxy groups -OCH3 is 3. The Labute approximate surface area is 147 Å². The van der Waals surface area contributed by atoms with Gasteiger partial charge in [-0.15, -0.1) is 0 Å². The first kappa shape index (κ1) is 21.8. The van der Waals surface area contributed by atoms with Gasteiger partial charge in [0.15, 0.2) is 0 Å². The molecule has 3 unspecified atom stereocenters. The van der Waals surface area contributed by atoms with E-state index < -0.39 is 0 Å². The molecule has 3 saturated heterocycles. The van der Waals surface area contributed by atoms with Crippen LogP contribution in [0.4, 0.5) is 0 Å². The molecule has 0 aromatic heterocycles. The fourth-order valence-corrected chi connectivity index (χ4v) is 2.74. The van der Waals surface area contributed by atoms with Gasteiger partial charge < -0.3 is 28.4 Å². The second-order valence-electron chi connectivity index (χ2n) is 6.37. The van der Waals surface area contributed by atoms with Crippen LogP contribution in [-0.4, -0.2) is 79.8 Å². The van der Waals surface area contributed by atoms with Gasteiger partial charge in [-0.25, -0.2) is 0 Å². The maximum absolute atomic E-state index is 5.27. The molecular formula is C18H36O6. The van der Waals surface area contributed by atoms with Gasteiger partial charge in [0.05, 0.1) is 38.6 Å². The Kier molecular flexibility index (Phi) is 13.7. The molecule has 0 aromatic carbocycles. The van der Waals surface area contributed by atoms with Crippen molar-refractivity contribution >= 4 is 0 Å². The van der Waals surface area contributed by atoms with Crippen LogP contribution in [0.1, 0.15) is 32.1 Å². The second-order valence-corrected chi connectivity index (χ2v) is 6.37. The molecule has 3 aliphatic rings. The molecule has 3 atom stereocenters. The predicted octanol–water partition coefficient (Wildman–Crippen LogP) is 2.29. The monoisotopic (exact) mass is 348 g/mol. The van der Waals surface area contributed by atoms with E-state index in [2.05, 4.69) is 0 Å². The maximum Gasteiger partial charge on any atom is 0.0830 e. The van der Waals surface area contributed by atoms with Crippen LogP contribution in [0.15, 0.2) is 0 Å². The number of hydrogen-bond acceptors (Lipinski definition) is 6. The van der Waals surface area contributed by atoms with E-state index in [9.17, 15) is 0 Å². The van der Waals surface area contributed by atoms with Gasteiger partial charge in [0.1, 0.15) is 0 Å². The third kappa shape index (κ3) is 10.6. The van der Waals surface area contributed by atoms with Crippen LogP contribution >= 0.6 is 0 Å². The minimum atomic E-state index is 0.389. The van der Waals surface area contributed by atoms with Crippen LogP contribution in [0.3, 0.4) is 0 Å². The summed E-state index contributed by atoms with van der Waals surface area (Å²) in [5.41, 5.74) is 0. The van der Waals surface area contributed by atoms with Gasteiger partial charge in [-0.2, -0.15) is 0 Å². The first-order chi connectivity index (χ1) is 11.8. The molecule has 0 spiro atoms. The molecule has 6 nitrogen and oxygen atoms in total. The lowest BCUT2D eigenvalue weighted by Crippen LogP contribution is -2.30. The van der Waals surface area contributed by atoms with Crippen LogP contribution < -0.4 is 0 Å². The van der Waals surface area contributed by atoms with Crippen molar-refractivity contribution in [3.63, 3.8) is 0 Å². The van der Waals surface area contributed by atoms with E-state index in [4.69, 9.17) is 28.4 Å². The van der Waals surface area contributed by atoms with Crippen molar-refractivity contribution in [2.24, 2.45) is 5.92 Å². The summed E-state index contributed by atoms with van der Waals surface area (Å²) in [4.78, 5) is 0. The Balaban J connectivity index is 0.000000181. The van der Waals surface area contributed by atoms with E-state index >= 15 is 0 Å². The lowest BCUT2D eigenvalue weighted by atomic mass is 10.0. The fourth-order valence-electron chi connectivity index (χ4n) is 2.74. The minimum Gasteiger partial charge on any atom is -0.384 e. The molecule has 3 heterocycles. The number of rotatable bonds is 6. The van der Waals surface area contributed by atoms with Gasteiger partial charge >= 0.3 is 0 Å². The van der Waals surface area contributed by atoms with Gasteiger partial charge in [-0.1, -0.05) is 0 Å². The zero-order valence-corrected chi connectivity index (χ0v) is 15.7. The summed E-state index contributed by atoms with van der Waals surface area (Å²) in [6.45, 7) is 6.08. The molecule has 3 fully saturated rings. The van der Waals surface area contributed by atoms with E-state index in [0.717, 1.165) is 46.2 Å².